The predicted octanol–water partition coefficient (Wildman–Crippen LogP) is 3.54. The highest BCUT2D eigenvalue weighted by atomic mass is 16.7. The van der Waals surface area contributed by atoms with Crippen LogP contribution in [-0.2, 0) is 21.0 Å². The first-order chi connectivity index (χ1) is 15.7. The molecule has 3 atom stereocenters. The number of amides is 3. The molecule has 1 aromatic rings. The van der Waals surface area contributed by atoms with E-state index in [1.165, 1.54) is 0 Å². The SMILES string of the molecule is CC(C)(C)OC(=O)N1CC[C@@]2(CC([C@@H]3CC[C@H]4CN3C(=O)N4OCc3ccccc3)=NO2)C1. The number of hydrogen-bond acceptors (Lipinski definition) is 6. The van der Waals surface area contributed by atoms with E-state index in [4.69, 9.17) is 14.4 Å². The van der Waals surface area contributed by atoms with E-state index in [-0.39, 0.29) is 24.2 Å². The van der Waals surface area contributed by atoms with Crippen LogP contribution in [0.3, 0.4) is 0 Å². The molecule has 9 heteroatoms. The third kappa shape index (κ3) is 4.38. The summed E-state index contributed by atoms with van der Waals surface area (Å²) in [7, 11) is 0. The van der Waals surface area contributed by atoms with Crippen LogP contribution >= 0.6 is 0 Å². The van der Waals surface area contributed by atoms with E-state index in [1.807, 2.05) is 56.0 Å². The van der Waals surface area contributed by atoms with Crippen molar-refractivity contribution < 1.29 is 24.0 Å². The van der Waals surface area contributed by atoms with Gasteiger partial charge in [-0.1, -0.05) is 35.5 Å². The highest BCUT2D eigenvalue weighted by molar-refractivity contribution is 5.95. The molecule has 3 saturated heterocycles. The third-order valence-corrected chi connectivity index (χ3v) is 6.75. The predicted molar refractivity (Wildman–Crippen MR) is 120 cm³/mol. The molecule has 1 aromatic carbocycles. The van der Waals surface area contributed by atoms with Crippen molar-refractivity contribution in [3.63, 3.8) is 0 Å². The number of fused-ring (bicyclic) bond motifs is 2. The van der Waals surface area contributed by atoms with Crippen molar-refractivity contribution in [2.24, 2.45) is 5.16 Å². The summed E-state index contributed by atoms with van der Waals surface area (Å²) in [4.78, 5) is 41.0. The zero-order valence-corrected chi connectivity index (χ0v) is 19.5. The van der Waals surface area contributed by atoms with Gasteiger partial charge in [0.2, 0.25) is 0 Å². The van der Waals surface area contributed by atoms with E-state index < -0.39 is 11.2 Å². The second-order valence-electron chi connectivity index (χ2n) is 10.5. The minimum absolute atomic E-state index is 0.0588. The maximum absolute atomic E-state index is 13.1. The lowest BCUT2D eigenvalue weighted by Crippen LogP contribution is -2.46. The van der Waals surface area contributed by atoms with Crippen molar-refractivity contribution in [3.05, 3.63) is 35.9 Å². The Bertz CT molecular complexity index is 946. The molecule has 3 amide bonds. The summed E-state index contributed by atoms with van der Waals surface area (Å²) in [6, 6.07) is 9.72. The fourth-order valence-corrected chi connectivity index (χ4v) is 5.14. The number of rotatable bonds is 4. The summed E-state index contributed by atoms with van der Waals surface area (Å²) in [5, 5.41) is 5.96. The summed E-state index contributed by atoms with van der Waals surface area (Å²) < 4.78 is 5.51. The lowest BCUT2D eigenvalue weighted by atomic mass is 9.89. The van der Waals surface area contributed by atoms with Gasteiger partial charge in [0.1, 0.15) is 12.2 Å². The average molecular weight is 457 g/mol. The fraction of sp³-hybridized carbons (Fsp3) is 0.625. The molecule has 178 valence electrons. The first-order valence-corrected chi connectivity index (χ1v) is 11.7. The largest absolute Gasteiger partial charge is 0.444 e. The van der Waals surface area contributed by atoms with E-state index in [0.29, 0.717) is 39.1 Å². The van der Waals surface area contributed by atoms with Crippen molar-refractivity contribution in [2.45, 2.75) is 76.3 Å². The van der Waals surface area contributed by atoms with Gasteiger partial charge in [0.15, 0.2) is 5.60 Å². The number of piperidine rings is 1. The first-order valence-electron chi connectivity index (χ1n) is 11.7. The molecular formula is C24H32N4O5. The molecule has 33 heavy (non-hydrogen) atoms. The van der Waals surface area contributed by atoms with E-state index in [0.717, 1.165) is 24.1 Å². The Hall–Kier alpha value is -2.81. The van der Waals surface area contributed by atoms with Crippen molar-refractivity contribution in [1.29, 1.82) is 0 Å². The fourth-order valence-electron chi connectivity index (χ4n) is 5.14. The molecule has 0 aliphatic carbocycles. The highest BCUT2D eigenvalue weighted by Gasteiger charge is 2.53. The van der Waals surface area contributed by atoms with Crippen LogP contribution in [0, 0.1) is 0 Å². The highest BCUT2D eigenvalue weighted by Crippen LogP contribution is 2.39. The number of oxime groups is 1. The van der Waals surface area contributed by atoms with E-state index in [9.17, 15) is 9.59 Å². The summed E-state index contributed by atoms with van der Waals surface area (Å²) in [5.74, 6) is 0. The Balaban J connectivity index is 1.19. The van der Waals surface area contributed by atoms with Gasteiger partial charge in [-0.25, -0.2) is 9.59 Å². The van der Waals surface area contributed by atoms with Crippen molar-refractivity contribution in [1.82, 2.24) is 14.9 Å². The Kier molecular flexibility index (Phi) is 5.47. The van der Waals surface area contributed by atoms with Gasteiger partial charge in [-0.2, -0.15) is 5.06 Å². The van der Waals surface area contributed by atoms with Gasteiger partial charge in [-0.3, -0.25) is 4.84 Å². The molecular weight excluding hydrogens is 424 g/mol. The molecule has 0 saturated carbocycles. The number of nitrogens with zero attached hydrogens (tertiary/aromatic N) is 4. The van der Waals surface area contributed by atoms with E-state index in [2.05, 4.69) is 5.16 Å². The summed E-state index contributed by atoms with van der Waals surface area (Å²) in [6.45, 7) is 7.61. The molecule has 0 unspecified atom stereocenters. The van der Waals surface area contributed by atoms with Crippen LogP contribution in [0.25, 0.3) is 0 Å². The number of ether oxygens (including phenoxy) is 1. The molecule has 2 bridgehead atoms. The van der Waals surface area contributed by atoms with Crippen LogP contribution in [-0.4, -0.2) is 75.6 Å². The van der Waals surface area contributed by atoms with Gasteiger partial charge in [-0.05, 0) is 39.2 Å². The summed E-state index contributed by atoms with van der Waals surface area (Å²) in [5.41, 5.74) is 0.867. The molecule has 0 aromatic heterocycles. The lowest BCUT2D eigenvalue weighted by molar-refractivity contribution is -0.140. The Morgan fingerprint density at radius 3 is 2.79 bits per heavy atom. The van der Waals surface area contributed by atoms with Crippen molar-refractivity contribution in [2.75, 3.05) is 19.6 Å². The Morgan fingerprint density at radius 2 is 2.03 bits per heavy atom. The topological polar surface area (TPSA) is 83.9 Å². The first kappa shape index (κ1) is 22.0. The van der Waals surface area contributed by atoms with Crippen molar-refractivity contribution in [3.8, 4) is 0 Å². The molecule has 0 radical (unpaired) electrons. The maximum Gasteiger partial charge on any atom is 0.410 e. The van der Waals surface area contributed by atoms with Gasteiger partial charge in [0.05, 0.1) is 24.3 Å². The second-order valence-corrected chi connectivity index (χ2v) is 10.5. The molecule has 3 fully saturated rings. The number of hydrogen-bond donors (Lipinski definition) is 0. The number of benzene rings is 1. The minimum atomic E-state index is -0.533. The summed E-state index contributed by atoms with van der Waals surface area (Å²) >= 11 is 0. The molecule has 4 heterocycles. The van der Waals surface area contributed by atoms with Crippen LogP contribution in [0.5, 0.6) is 0 Å². The van der Waals surface area contributed by atoms with Gasteiger partial charge in [-0.15, -0.1) is 0 Å². The minimum Gasteiger partial charge on any atom is -0.444 e. The van der Waals surface area contributed by atoms with Gasteiger partial charge >= 0.3 is 12.1 Å². The molecule has 4 aliphatic heterocycles. The van der Waals surface area contributed by atoms with Gasteiger partial charge in [0, 0.05) is 25.9 Å². The monoisotopic (exact) mass is 456 g/mol. The number of urea groups is 1. The van der Waals surface area contributed by atoms with E-state index >= 15 is 0 Å². The zero-order chi connectivity index (χ0) is 23.2. The summed E-state index contributed by atoms with van der Waals surface area (Å²) in [6.07, 6.45) is 2.69. The number of carbonyl (C=O) groups excluding carboxylic acids is 2. The second kappa shape index (κ2) is 8.20. The molecule has 9 nitrogen and oxygen atoms in total. The number of likely N-dealkylation sites (tertiary alicyclic amines) is 1. The molecule has 5 rings (SSSR count). The van der Waals surface area contributed by atoms with Gasteiger partial charge < -0.3 is 19.4 Å². The molecule has 1 spiro atoms. The number of hydroxylamine groups is 2. The van der Waals surface area contributed by atoms with Crippen LogP contribution in [0.15, 0.2) is 35.5 Å². The molecule has 4 aliphatic rings. The Morgan fingerprint density at radius 1 is 1.24 bits per heavy atom. The maximum atomic E-state index is 13.1. The zero-order valence-electron chi connectivity index (χ0n) is 19.5. The smallest absolute Gasteiger partial charge is 0.410 e. The van der Waals surface area contributed by atoms with Crippen LogP contribution < -0.4 is 0 Å². The van der Waals surface area contributed by atoms with Crippen LogP contribution in [0.1, 0.15) is 52.0 Å². The quantitative estimate of drug-likeness (QED) is 0.692. The Labute approximate surface area is 194 Å². The standard InChI is InChI=1S/C24H32N4O5/c1-23(2,3)32-22(30)26-12-11-24(16-26)13-19(25-33-24)20-10-9-18-14-27(20)21(29)28(18)31-15-17-7-5-4-6-8-17/h4-8,18,20H,9-16H2,1-3H3/t18-,20-,24+/m0/s1. The third-order valence-electron chi connectivity index (χ3n) is 6.75. The van der Waals surface area contributed by atoms with Crippen LogP contribution in [0.2, 0.25) is 0 Å². The lowest BCUT2D eigenvalue weighted by Gasteiger charge is -2.30. The van der Waals surface area contributed by atoms with Crippen molar-refractivity contribution >= 4 is 17.8 Å². The number of carbonyl (C=O) groups is 2. The van der Waals surface area contributed by atoms with Gasteiger partial charge in [0.25, 0.3) is 0 Å². The average Bonchev–Trinajstić information content (AvgIpc) is 3.45. The molecule has 0 N–H and O–H groups in total. The van der Waals surface area contributed by atoms with E-state index in [1.54, 1.807) is 9.96 Å². The normalized spacial score (nSPS) is 29.0. The van der Waals surface area contributed by atoms with Crippen LogP contribution in [0.4, 0.5) is 9.59 Å².